The molecule has 0 saturated carbocycles. The normalized spacial score (nSPS) is 22.5. The molecule has 8 heteroatoms. The molecule has 2 atom stereocenters. The van der Waals surface area contributed by atoms with Gasteiger partial charge in [-0.1, -0.05) is 13.8 Å². The first-order valence-corrected chi connectivity index (χ1v) is 12.6. The summed E-state index contributed by atoms with van der Waals surface area (Å²) >= 11 is 0. The average Bonchev–Trinajstić information content (AvgIpc) is 2.79. The summed E-state index contributed by atoms with van der Waals surface area (Å²) in [4.78, 5) is 15.1. The number of benzene rings is 2. The maximum absolute atomic E-state index is 13.0. The molecule has 2 saturated heterocycles. The van der Waals surface area contributed by atoms with Gasteiger partial charge in [0.1, 0.15) is 0 Å². The number of hydrogen-bond donors (Lipinski definition) is 1. The predicted molar refractivity (Wildman–Crippen MR) is 126 cm³/mol. The molecule has 2 aliphatic rings. The monoisotopic (exact) mass is 457 g/mol. The maximum Gasteiger partial charge on any atom is 0.255 e. The summed E-state index contributed by atoms with van der Waals surface area (Å²) in [6.45, 7) is 8.40. The van der Waals surface area contributed by atoms with Crippen molar-refractivity contribution >= 4 is 27.3 Å². The molecule has 172 valence electrons. The molecule has 2 aromatic rings. The molecule has 2 fully saturated rings. The number of carbonyl (C=O) groups excluding carboxylic acids is 1. The van der Waals surface area contributed by atoms with Crippen LogP contribution in [0.5, 0.6) is 0 Å². The highest BCUT2D eigenvalue weighted by Crippen LogP contribution is 2.27. The van der Waals surface area contributed by atoms with Gasteiger partial charge >= 0.3 is 0 Å². The highest BCUT2D eigenvalue weighted by Gasteiger charge is 2.31. The number of carbonyl (C=O) groups is 1. The van der Waals surface area contributed by atoms with Gasteiger partial charge in [0.15, 0.2) is 0 Å². The summed E-state index contributed by atoms with van der Waals surface area (Å²) < 4.78 is 33.0. The van der Waals surface area contributed by atoms with Crippen LogP contribution in [0.4, 0.5) is 11.4 Å². The Labute approximate surface area is 190 Å². The maximum atomic E-state index is 13.0. The van der Waals surface area contributed by atoms with E-state index in [0.717, 1.165) is 38.4 Å². The largest absolute Gasteiger partial charge is 0.378 e. The number of morpholine rings is 1. The van der Waals surface area contributed by atoms with Crippen molar-refractivity contribution in [3.63, 3.8) is 0 Å². The minimum absolute atomic E-state index is 0.227. The van der Waals surface area contributed by atoms with Crippen LogP contribution in [0.1, 0.15) is 30.6 Å². The molecular formula is C24H31N3O4S. The Morgan fingerprint density at radius 2 is 1.53 bits per heavy atom. The number of sulfonamides is 1. The summed E-state index contributed by atoms with van der Waals surface area (Å²) in [6.07, 6.45) is 1.04. The number of anilines is 2. The van der Waals surface area contributed by atoms with Crippen LogP contribution in [-0.4, -0.2) is 58.0 Å². The fourth-order valence-electron chi connectivity index (χ4n) is 4.51. The molecule has 2 aromatic carbocycles. The van der Waals surface area contributed by atoms with Crippen molar-refractivity contribution < 1.29 is 17.9 Å². The number of ether oxygens (including phenoxy) is 1. The summed E-state index contributed by atoms with van der Waals surface area (Å²) in [6, 6.07) is 13.9. The number of hydrogen-bond acceptors (Lipinski definition) is 5. The smallest absolute Gasteiger partial charge is 0.255 e. The lowest BCUT2D eigenvalue weighted by Gasteiger charge is -2.34. The highest BCUT2D eigenvalue weighted by atomic mass is 32.2. The van der Waals surface area contributed by atoms with Crippen molar-refractivity contribution in [3.8, 4) is 0 Å². The zero-order chi connectivity index (χ0) is 22.7. The molecule has 2 unspecified atom stereocenters. The van der Waals surface area contributed by atoms with Gasteiger partial charge in [0, 0.05) is 43.1 Å². The predicted octanol–water partition coefficient (Wildman–Crippen LogP) is 3.44. The molecule has 7 nitrogen and oxygen atoms in total. The first-order valence-electron chi connectivity index (χ1n) is 11.2. The van der Waals surface area contributed by atoms with Gasteiger partial charge in [-0.2, -0.15) is 4.31 Å². The second-order valence-electron chi connectivity index (χ2n) is 8.89. The van der Waals surface area contributed by atoms with E-state index in [4.69, 9.17) is 4.74 Å². The standard InChI is InChI=1S/C24H31N3O4S/c1-18-15-19(2)17-27(16-18)32(29,30)23-9-3-20(4-10-23)24(28)25-21-5-7-22(8-6-21)26-11-13-31-14-12-26/h3-10,18-19H,11-17H2,1-2H3,(H,25,28). The lowest BCUT2D eigenvalue weighted by atomic mass is 9.94. The van der Waals surface area contributed by atoms with Crippen LogP contribution in [0.25, 0.3) is 0 Å². The van der Waals surface area contributed by atoms with Gasteiger partial charge in [0.2, 0.25) is 10.0 Å². The van der Waals surface area contributed by atoms with Crippen LogP contribution in [0.3, 0.4) is 0 Å². The second-order valence-corrected chi connectivity index (χ2v) is 10.8. The second kappa shape index (κ2) is 9.60. The Bertz CT molecular complexity index is 1020. The third-order valence-corrected chi connectivity index (χ3v) is 7.94. The molecule has 0 radical (unpaired) electrons. The van der Waals surface area contributed by atoms with E-state index in [1.807, 2.05) is 24.3 Å². The van der Waals surface area contributed by atoms with Gasteiger partial charge in [-0.25, -0.2) is 8.42 Å². The molecule has 4 rings (SSSR count). The zero-order valence-corrected chi connectivity index (χ0v) is 19.5. The highest BCUT2D eigenvalue weighted by molar-refractivity contribution is 7.89. The van der Waals surface area contributed by atoms with E-state index in [9.17, 15) is 13.2 Å². The first kappa shape index (κ1) is 22.8. The molecule has 0 aromatic heterocycles. The molecule has 0 bridgehead atoms. The van der Waals surface area contributed by atoms with Crippen LogP contribution in [0, 0.1) is 11.8 Å². The average molecular weight is 458 g/mol. The Balaban J connectivity index is 1.40. The topological polar surface area (TPSA) is 79.0 Å². The Morgan fingerprint density at radius 1 is 0.938 bits per heavy atom. The zero-order valence-electron chi connectivity index (χ0n) is 18.7. The molecule has 1 N–H and O–H groups in total. The van der Waals surface area contributed by atoms with Gasteiger partial charge < -0.3 is 15.0 Å². The van der Waals surface area contributed by atoms with Crippen molar-refractivity contribution in [3.05, 3.63) is 54.1 Å². The van der Waals surface area contributed by atoms with Gasteiger partial charge in [-0.15, -0.1) is 0 Å². The van der Waals surface area contributed by atoms with E-state index in [-0.39, 0.29) is 10.8 Å². The lowest BCUT2D eigenvalue weighted by Crippen LogP contribution is -2.42. The molecule has 1 amide bonds. The Kier molecular flexibility index (Phi) is 6.83. The van der Waals surface area contributed by atoms with Crippen LogP contribution < -0.4 is 10.2 Å². The molecule has 0 spiro atoms. The molecule has 0 aliphatic carbocycles. The van der Waals surface area contributed by atoms with Crippen LogP contribution in [-0.2, 0) is 14.8 Å². The van der Waals surface area contributed by atoms with E-state index in [1.165, 1.54) is 12.1 Å². The third kappa shape index (κ3) is 5.14. The fraction of sp³-hybridized carbons (Fsp3) is 0.458. The van der Waals surface area contributed by atoms with Crippen LogP contribution in [0.15, 0.2) is 53.4 Å². The van der Waals surface area contributed by atoms with Crippen LogP contribution >= 0.6 is 0 Å². The molecule has 2 heterocycles. The fourth-order valence-corrected chi connectivity index (χ4v) is 6.19. The number of piperidine rings is 1. The van der Waals surface area contributed by atoms with Crippen molar-refractivity contribution in [1.82, 2.24) is 4.31 Å². The van der Waals surface area contributed by atoms with Gasteiger partial charge in [0.25, 0.3) is 5.91 Å². The van der Waals surface area contributed by atoms with Crippen molar-refractivity contribution in [2.45, 2.75) is 25.2 Å². The number of amides is 1. The number of nitrogens with zero attached hydrogens (tertiary/aromatic N) is 2. The van der Waals surface area contributed by atoms with Crippen molar-refractivity contribution in [2.24, 2.45) is 11.8 Å². The van der Waals surface area contributed by atoms with E-state index >= 15 is 0 Å². The Hall–Kier alpha value is -2.42. The van der Waals surface area contributed by atoms with Crippen LogP contribution in [0.2, 0.25) is 0 Å². The van der Waals surface area contributed by atoms with E-state index in [0.29, 0.717) is 36.2 Å². The number of nitrogens with one attached hydrogen (secondary N) is 1. The lowest BCUT2D eigenvalue weighted by molar-refractivity contribution is 0.102. The van der Waals surface area contributed by atoms with Crippen molar-refractivity contribution in [1.29, 1.82) is 0 Å². The molecule has 2 aliphatic heterocycles. The van der Waals surface area contributed by atoms with E-state index in [1.54, 1.807) is 16.4 Å². The summed E-state index contributed by atoms with van der Waals surface area (Å²) in [5.41, 5.74) is 2.21. The number of rotatable bonds is 5. The summed E-state index contributed by atoms with van der Waals surface area (Å²) in [7, 11) is -3.56. The molecule has 32 heavy (non-hydrogen) atoms. The van der Waals surface area contributed by atoms with E-state index in [2.05, 4.69) is 24.1 Å². The van der Waals surface area contributed by atoms with Crippen molar-refractivity contribution in [2.75, 3.05) is 49.6 Å². The first-order chi connectivity index (χ1) is 15.3. The Morgan fingerprint density at radius 3 is 2.12 bits per heavy atom. The van der Waals surface area contributed by atoms with Gasteiger partial charge in [0.05, 0.1) is 18.1 Å². The summed E-state index contributed by atoms with van der Waals surface area (Å²) in [5.74, 6) is 0.412. The summed E-state index contributed by atoms with van der Waals surface area (Å²) in [5, 5.41) is 2.88. The quantitative estimate of drug-likeness (QED) is 0.744. The minimum atomic E-state index is -3.56. The SMILES string of the molecule is CC1CC(C)CN(S(=O)(=O)c2ccc(C(=O)Nc3ccc(N4CCOCC4)cc3)cc2)C1. The molecular weight excluding hydrogens is 426 g/mol. The van der Waals surface area contributed by atoms with E-state index < -0.39 is 10.0 Å². The van der Waals surface area contributed by atoms with Gasteiger partial charge in [-0.3, -0.25) is 4.79 Å². The van der Waals surface area contributed by atoms with Gasteiger partial charge in [-0.05, 0) is 66.8 Å². The third-order valence-electron chi connectivity index (χ3n) is 6.09. The minimum Gasteiger partial charge on any atom is -0.378 e.